The first-order chi connectivity index (χ1) is 10.0. The number of esters is 1. The highest BCUT2D eigenvalue weighted by molar-refractivity contribution is 5.98. The summed E-state index contributed by atoms with van der Waals surface area (Å²) in [5.74, 6) is -0.600. The molecule has 2 rings (SSSR count). The van der Waals surface area contributed by atoms with Crippen LogP contribution in [0, 0.1) is 0 Å². The number of imidazole rings is 1. The Balaban J connectivity index is 2.22. The third-order valence-corrected chi connectivity index (χ3v) is 3.16. The van der Waals surface area contributed by atoms with Crippen LogP contribution in [0.4, 0.5) is 0 Å². The number of aromatic nitrogens is 2. The molecule has 21 heavy (non-hydrogen) atoms. The van der Waals surface area contributed by atoms with Crippen LogP contribution in [-0.2, 0) is 9.53 Å². The van der Waals surface area contributed by atoms with E-state index in [0.29, 0.717) is 12.2 Å². The summed E-state index contributed by atoms with van der Waals surface area (Å²) >= 11 is 0. The third kappa shape index (κ3) is 3.39. The lowest BCUT2D eigenvalue weighted by molar-refractivity contribution is -0.144. The van der Waals surface area contributed by atoms with Crippen LogP contribution >= 0.6 is 0 Å². The predicted octanol–water partition coefficient (Wildman–Crippen LogP) is 1.98. The number of hydrogen-bond acceptors (Lipinski definition) is 4. The fourth-order valence-electron chi connectivity index (χ4n) is 2.07. The predicted molar refractivity (Wildman–Crippen MR) is 78.9 cm³/mol. The van der Waals surface area contributed by atoms with Gasteiger partial charge in [-0.05, 0) is 39.0 Å². The highest BCUT2D eigenvalue weighted by atomic mass is 16.5. The largest absolute Gasteiger partial charge is 0.465 e. The van der Waals surface area contributed by atoms with Gasteiger partial charge in [-0.25, -0.2) is 4.98 Å². The second kappa shape index (κ2) is 6.39. The first-order valence-corrected chi connectivity index (χ1v) is 6.92. The number of amides is 1. The molecule has 0 unspecified atom stereocenters. The Morgan fingerprint density at radius 2 is 2.14 bits per heavy atom. The van der Waals surface area contributed by atoms with E-state index in [1.54, 1.807) is 31.5 Å². The quantitative estimate of drug-likeness (QED) is 0.854. The van der Waals surface area contributed by atoms with Crippen molar-refractivity contribution in [3.8, 4) is 0 Å². The molecule has 0 saturated carbocycles. The minimum Gasteiger partial charge on any atom is -0.465 e. The number of fused-ring (bicyclic) bond motifs is 1. The average molecular weight is 289 g/mol. The van der Waals surface area contributed by atoms with Crippen LogP contribution in [-0.4, -0.2) is 45.9 Å². The van der Waals surface area contributed by atoms with Gasteiger partial charge in [0.25, 0.3) is 5.91 Å². The normalized spacial score (nSPS) is 10.9. The molecule has 6 heteroatoms. The molecule has 0 saturated heterocycles. The molecular weight excluding hydrogens is 270 g/mol. The van der Waals surface area contributed by atoms with Gasteiger partial charge in [0.1, 0.15) is 6.54 Å². The molecule has 0 atom stereocenters. The Kier molecular flexibility index (Phi) is 4.57. The lowest BCUT2D eigenvalue weighted by atomic mass is 10.1. The summed E-state index contributed by atoms with van der Waals surface area (Å²) in [5, 5.41) is 0. The number of ether oxygens (including phenoxy) is 1. The van der Waals surface area contributed by atoms with E-state index < -0.39 is 5.97 Å². The number of rotatable bonds is 5. The van der Waals surface area contributed by atoms with Crippen molar-refractivity contribution in [2.75, 3.05) is 13.2 Å². The maximum absolute atomic E-state index is 12.6. The molecular formula is C15H19N3O3. The van der Waals surface area contributed by atoms with Crippen LogP contribution in [0.1, 0.15) is 31.1 Å². The standard InChI is InChI=1S/C15H19N3O3/c1-4-21-14(19)8-18(10(2)3)15(20)11-5-6-12-13(7-11)17-9-16-12/h5-7,9-10H,4,8H2,1-3H3,(H,16,17). The summed E-state index contributed by atoms with van der Waals surface area (Å²) in [6, 6.07) is 5.14. The molecule has 0 aliphatic rings. The van der Waals surface area contributed by atoms with E-state index in [2.05, 4.69) is 9.97 Å². The summed E-state index contributed by atoms with van der Waals surface area (Å²) in [6.07, 6.45) is 1.58. The molecule has 0 aliphatic carbocycles. The molecule has 112 valence electrons. The zero-order valence-electron chi connectivity index (χ0n) is 12.4. The van der Waals surface area contributed by atoms with E-state index in [-0.39, 0.29) is 18.5 Å². The highest BCUT2D eigenvalue weighted by Crippen LogP contribution is 2.15. The molecule has 1 heterocycles. The number of carbonyl (C=O) groups excluding carboxylic acids is 2. The molecule has 1 N–H and O–H groups in total. The fourth-order valence-corrected chi connectivity index (χ4v) is 2.07. The molecule has 0 aliphatic heterocycles. The van der Waals surface area contributed by atoms with Crippen LogP contribution in [0.2, 0.25) is 0 Å². The summed E-state index contributed by atoms with van der Waals surface area (Å²) in [7, 11) is 0. The van der Waals surface area contributed by atoms with Crippen molar-refractivity contribution in [2.24, 2.45) is 0 Å². The second-order valence-corrected chi connectivity index (χ2v) is 4.97. The lowest BCUT2D eigenvalue weighted by Gasteiger charge is -2.25. The number of H-pyrrole nitrogens is 1. The summed E-state index contributed by atoms with van der Waals surface area (Å²) in [5.41, 5.74) is 2.11. The third-order valence-electron chi connectivity index (χ3n) is 3.16. The molecule has 0 fully saturated rings. The number of hydrogen-bond donors (Lipinski definition) is 1. The van der Waals surface area contributed by atoms with E-state index in [1.807, 2.05) is 13.8 Å². The number of nitrogens with one attached hydrogen (secondary N) is 1. The van der Waals surface area contributed by atoms with E-state index in [1.165, 1.54) is 4.90 Å². The van der Waals surface area contributed by atoms with Gasteiger partial charge in [0.05, 0.1) is 24.0 Å². The minimum atomic E-state index is -0.401. The Hall–Kier alpha value is -2.37. The van der Waals surface area contributed by atoms with Gasteiger partial charge in [0.2, 0.25) is 0 Å². The van der Waals surface area contributed by atoms with Gasteiger partial charge < -0.3 is 14.6 Å². The van der Waals surface area contributed by atoms with Crippen LogP contribution in [0.25, 0.3) is 11.0 Å². The average Bonchev–Trinajstić information content (AvgIpc) is 2.91. The van der Waals surface area contributed by atoms with Crippen molar-refractivity contribution >= 4 is 22.9 Å². The Labute approximate surface area is 123 Å². The van der Waals surface area contributed by atoms with Gasteiger partial charge in [-0.3, -0.25) is 9.59 Å². The molecule has 0 bridgehead atoms. The van der Waals surface area contributed by atoms with E-state index >= 15 is 0 Å². The summed E-state index contributed by atoms with van der Waals surface area (Å²) in [6.45, 7) is 5.73. The maximum atomic E-state index is 12.6. The zero-order chi connectivity index (χ0) is 15.4. The van der Waals surface area contributed by atoms with E-state index in [4.69, 9.17) is 4.74 Å². The van der Waals surface area contributed by atoms with Crippen LogP contribution < -0.4 is 0 Å². The summed E-state index contributed by atoms with van der Waals surface area (Å²) < 4.78 is 4.92. The van der Waals surface area contributed by atoms with Gasteiger partial charge in [-0.1, -0.05) is 0 Å². The fraction of sp³-hybridized carbons (Fsp3) is 0.400. The van der Waals surface area contributed by atoms with Crippen molar-refractivity contribution in [1.82, 2.24) is 14.9 Å². The smallest absolute Gasteiger partial charge is 0.325 e. The van der Waals surface area contributed by atoms with Crippen molar-refractivity contribution < 1.29 is 14.3 Å². The van der Waals surface area contributed by atoms with Crippen molar-refractivity contribution in [2.45, 2.75) is 26.8 Å². The number of aromatic amines is 1. The number of carbonyl (C=O) groups is 2. The van der Waals surface area contributed by atoms with Crippen molar-refractivity contribution in [3.63, 3.8) is 0 Å². The van der Waals surface area contributed by atoms with Gasteiger partial charge in [0, 0.05) is 11.6 Å². The first-order valence-electron chi connectivity index (χ1n) is 6.92. The van der Waals surface area contributed by atoms with Gasteiger partial charge >= 0.3 is 5.97 Å². The van der Waals surface area contributed by atoms with Gasteiger partial charge in [-0.15, -0.1) is 0 Å². The SMILES string of the molecule is CCOC(=O)CN(C(=O)c1ccc2nc[nH]c2c1)C(C)C. The van der Waals surface area contributed by atoms with E-state index in [9.17, 15) is 9.59 Å². The van der Waals surface area contributed by atoms with Crippen molar-refractivity contribution in [1.29, 1.82) is 0 Å². The first kappa shape index (κ1) is 15.0. The number of nitrogens with zero attached hydrogens (tertiary/aromatic N) is 2. The molecule has 0 radical (unpaired) electrons. The zero-order valence-corrected chi connectivity index (χ0v) is 12.4. The topological polar surface area (TPSA) is 75.3 Å². The molecule has 1 aromatic carbocycles. The molecule has 0 spiro atoms. The van der Waals surface area contributed by atoms with Crippen LogP contribution in [0.3, 0.4) is 0 Å². The molecule has 1 amide bonds. The van der Waals surface area contributed by atoms with E-state index in [0.717, 1.165) is 11.0 Å². The lowest BCUT2D eigenvalue weighted by Crippen LogP contribution is -2.41. The maximum Gasteiger partial charge on any atom is 0.325 e. The minimum absolute atomic E-state index is 0.0502. The van der Waals surface area contributed by atoms with Crippen LogP contribution in [0.5, 0.6) is 0 Å². The molecule has 6 nitrogen and oxygen atoms in total. The Bertz CT molecular complexity index is 648. The van der Waals surface area contributed by atoms with Gasteiger partial charge in [0.15, 0.2) is 0 Å². The Morgan fingerprint density at radius 1 is 1.38 bits per heavy atom. The molecule has 1 aromatic heterocycles. The second-order valence-electron chi connectivity index (χ2n) is 4.97. The Morgan fingerprint density at radius 3 is 2.81 bits per heavy atom. The van der Waals surface area contributed by atoms with Crippen LogP contribution in [0.15, 0.2) is 24.5 Å². The molecule has 2 aromatic rings. The highest BCUT2D eigenvalue weighted by Gasteiger charge is 2.22. The monoisotopic (exact) mass is 289 g/mol. The number of benzene rings is 1. The van der Waals surface area contributed by atoms with Gasteiger partial charge in [-0.2, -0.15) is 0 Å². The summed E-state index contributed by atoms with van der Waals surface area (Å²) in [4.78, 5) is 32.8. The van der Waals surface area contributed by atoms with Crippen molar-refractivity contribution in [3.05, 3.63) is 30.1 Å².